The van der Waals surface area contributed by atoms with Crippen molar-refractivity contribution < 1.29 is 20.4 Å². The first-order valence-electron chi connectivity index (χ1n) is 6.26. The van der Waals surface area contributed by atoms with Crippen LogP contribution in [0.1, 0.15) is 0 Å². The summed E-state index contributed by atoms with van der Waals surface area (Å²) in [5, 5.41) is 0. The molecule has 0 atom stereocenters. The van der Waals surface area contributed by atoms with Gasteiger partial charge in [0.15, 0.2) is 0 Å². The van der Waals surface area contributed by atoms with Crippen molar-refractivity contribution in [2.45, 2.75) is 0 Å². The molecule has 0 radical (unpaired) electrons. The van der Waals surface area contributed by atoms with Gasteiger partial charge in [0.05, 0.1) is 0 Å². The molecule has 3 aromatic carbocycles. The van der Waals surface area contributed by atoms with Crippen LogP contribution in [0.3, 0.4) is 0 Å². The quantitative estimate of drug-likeness (QED) is 0.414. The van der Waals surface area contributed by atoms with E-state index < -0.39 is 0 Å². The van der Waals surface area contributed by atoms with E-state index in [1.807, 2.05) is 36.4 Å². The molecule has 0 unspecified atom stereocenters. The van der Waals surface area contributed by atoms with Gasteiger partial charge in [-0.05, 0) is 17.2 Å². The molecule has 0 amide bonds. The fourth-order valence-corrected chi connectivity index (χ4v) is 2.28. The van der Waals surface area contributed by atoms with Crippen LogP contribution in [-0.2, 0) is 20.4 Å². The normalized spacial score (nSPS) is 9.80. The van der Waals surface area contributed by atoms with Crippen LogP contribution in [0.15, 0.2) is 72.8 Å². The van der Waals surface area contributed by atoms with Gasteiger partial charge < -0.3 is 5.73 Å². The van der Waals surface area contributed by atoms with E-state index in [9.17, 15) is 0 Å². The molecule has 0 bridgehead atoms. The maximum Gasteiger partial charge on any atom is 0.0393 e. The van der Waals surface area contributed by atoms with Crippen molar-refractivity contribution >= 4 is 5.69 Å². The molecule has 3 aromatic rings. The Labute approximate surface area is 133 Å². The van der Waals surface area contributed by atoms with Gasteiger partial charge in [0.2, 0.25) is 0 Å². The van der Waals surface area contributed by atoms with Crippen LogP contribution in [0.5, 0.6) is 0 Å². The first kappa shape index (κ1) is 14.5. The minimum Gasteiger partial charge on any atom is -0.398 e. The predicted octanol–water partition coefficient (Wildman–Crippen LogP) is 4.40. The van der Waals surface area contributed by atoms with E-state index >= 15 is 0 Å². The predicted molar refractivity (Wildman–Crippen MR) is 80.6 cm³/mol. The van der Waals surface area contributed by atoms with Crippen molar-refractivity contribution in [3.05, 3.63) is 78.9 Å². The van der Waals surface area contributed by atoms with Gasteiger partial charge in [-0.3, -0.25) is 0 Å². The maximum absolute atomic E-state index is 6.09. The van der Waals surface area contributed by atoms with Gasteiger partial charge in [-0.1, -0.05) is 42.5 Å². The van der Waals surface area contributed by atoms with E-state index in [2.05, 4.69) is 42.5 Å². The van der Waals surface area contributed by atoms with Gasteiger partial charge in [-0.2, -0.15) is 30.3 Å². The summed E-state index contributed by atoms with van der Waals surface area (Å²) >= 11 is 0. The van der Waals surface area contributed by atoms with E-state index in [1.54, 1.807) is 0 Å². The molecule has 0 saturated heterocycles. The summed E-state index contributed by atoms with van der Waals surface area (Å²) < 4.78 is 0. The SMILES string of the molecule is Nc1ccccc1-c1ccccc1-c1cc[c-]cc1.[Pd]. The first-order valence-corrected chi connectivity index (χ1v) is 6.26. The van der Waals surface area contributed by atoms with Crippen molar-refractivity contribution in [3.8, 4) is 22.3 Å². The average Bonchev–Trinajstić information content (AvgIpc) is 2.49. The second-order valence-corrected chi connectivity index (χ2v) is 4.42. The Morgan fingerprint density at radius 3 is 1.85 bits per heavy atom. The third-order valence-electron chi connectivity index (χ3n) is 3.21. The number of benzene rings is 3. The number of nitrogens with two attached hydrogens (primary N) is 1. The third-order valence-corrected chi connectivity index (χ3v) is 3.21. The molecule has 3 rings (SSSR count). The Kier molecular flexibility index (Phi) is 4.74. The van der Waals surface area contributed by atoms with Crippen LogP contribution in [0, 0.1) is 6.07 Å². The largest absolute Gasteiger partial charge is 0.398 e. The topological polar surface area (TPSA) is 26.0 Å². The zero-order chi connectivity index (χ0) is 13.1. The Bertz CT molecular complexity index is 693. The molecule has 1 nitrogen and oxygen atoms in total. The first-order chi connectivity index (χ1) is 9.36. The van der Waals surface area contributed by atoms with Crippen LogP contribution in [-0.4, -0.2) is 0 Å². The van der Waals surface area contributed by atoms with Crippen LogP contribution < -0.4 is 5.73 Å². The van der Waals surface area contributed by atoms with E-state index in [0.717, 1.165) is 16.8 Å². The Balaban J connectivity index is 0.00000147. The summed E-state index contributed by atoms with van der Waals surface area (Å²) in [6.45, 7) is 0. The zero-order valence-corrected chi connectivity index (χ0v) is 12.4. The smallest absolute Gasteiger partial charge is 0.0393 e. The van der Waals surface area contributed by atoms with E-state index in [-0.39, 0.29) is 20.4 Å². The molecule has 20 heavy (non-hydrogen) atoms. The Morgan fingerprint density at radius 2 is 1.20 bits per heavy atom. The molecule has 2 heteroatoms. The zero-order valence-electron chi connectivity index (χ0n) is 10.8. The fraction of sp³-hybridized carbons (Fsp3) is 0. The molecule has 0 fully saturated rings. The van der Waals surface area contributed by atoms with Crippen molar-refractivity contribution in [1.29, 1.82) is 0 Å². The number of rotatable bonds is 2. The molecule has 0 aromatic heterocycles. The van der Waals surface area contributed by atoms with Gasteiger partial charge in [0, 0.05) is 31.7 Å². The van der Waals surface area contributed by atoms with Crippen LogP contribution in [0.2, 0.25) is 0 Å². The third kappa shape index (κ3) is 2.83. The van der Waals surface area contributed by atoms with Crippen molar-refractivity contribution in [2.24, 2.45) is 0 Å². The van der Waals surface area contributed by atoms with Crippen LogP contribution in [0.4, 0.5) is 5.69 Å². The average molecular weight is 351 g/mol. The Morgan fingerprint density at radius 1 is 0.650 bits per heavy atom. The molecule has 0 aliphatic rings. The van der Waals surface area contributed by atoms with Gasteiger partial charge >= 0.3 is 0 Å². The van der Waals surface area contributed by atoms with Gasteiger partial charge in [0.25, 0.3) is 0 Å². The minimum absolute atomic E-state index is 0. The number of hydrogen-bond donors (Lipinski definition) is 1. The molecule has 0 saturated carbocycles. The van der Waals surface area contributed by atoms with Crippen LogP contribution >= 0.6 is 0 Å². The minimum atomic E-state index is 0. The monoisotopic (exact) mass is 350 g/mol. The molecule has 0 spiro atoms. The summed E-state index contributed by atoms with van der Waals surface area (Å²) in [6.07, 6.45) is 0. The molecule has 0 heterocycles. The Hall–Kier alpha value is -1.88. The molecule has 0 aliphatic carbocycles. The van der Waals surface area contributed by atoms with Crippen LogP contribution in [0.25, 0.3) is 22.3 Å². The standard InChI is InChI=1S/C18H14N.Pd/c19-18-13-7-6-12-17(18)16-11-5-4-10-15(16)14-8-2-1-3-9-14;/h2-13H,19H2;/q-1;. The second kappa shape index (κ2) is 6.52. The van der Waals surface area contributed by atoms with E-state index in [4.69, 9.17) is 5.73 Å². The maximum atomic E-state index is 6.09. The molecule has 0 aliphatic heterocycles. The second-order valence-electron chi connectivity index (χ2n) is 4.42. The van der Waals surface area contributed by atoms with Crippen molar-refractivity contribution in [2.75, 3.05) is 5.73 Å². The fourth-order valence-electron chi connectivity index (χ4n) is 2.28. The molecular formula is C18H14NPd-. The molecule has 102 valence electrons. The number of hydrogen-bond acceptors (Lipinski definition) is 1. The summed E-state index contributed by atoms with van der Waals surface area (Å²) in [5.41, 5.74) is 11.5. The van der Waals surface area contributed by atoms with E-state index in [1.165, 1.54) is 11.1 Å². The summed E-state index contributed by atoms with van der Waals surface area (Å²) in [4.78, 5) is 0. The van der Waals surface area contributed by atoms with Gasteiger partial charge in [0.1, 0.15) is 0 Å². The van der Waals surface area contributed by atoms with Crippen molar-refractivity contribution in [1.82, 2.24) is 0 Å². The van der Waals surface area contributed by atoms with Gasteiger partial charge in [-0.25, -0.2) is 0 Å². The summed E-state index contributed by atoms with van der Waals surface area (Å²) in [7, 11) is 0. The molecule has 2 N–H and O–H groups in total. The number of para-hydroxylation sites is 1. The van der Waals surface area contributed by atoms with Gasteiger partial charge in [-0.15, -0.1) is 5.56 Å². The number of nitrogen functional groups attached to an aromatic ring is 1. The summed E-state index contributed by atoms with van der Waals surface area (Å²) in [5.74, 6) is 0. The number of anilines is 1. The van der Waals surface area contributed by atoms with Crippen molar-refractivity contribution in [3.63, 3.8) is 0 Å². The molecular weight excluding hydrogens is 337 g/mol. The van der Waals surface area contributed by atoms with E-state index in [0.29, 0.717) is 0 Å². The summed E-state index contributed by atoms with van der Waals surface area (Å²) in [6, 6.07) is 27.3.